The molecule has 0 atom stereocenters. The molecule has 0 rings (SSSR count). The molecule has 2 amide bonds. The number of urea groups is 1. The summed E-state index contributed by atoms with van der Waals surface area (Å²) in [5.41, 5.74) is 2.03. The number of nitrogens with two attached hydrogens (primary N) is 1. The third-order valence-electron chi connectivity index (χ3n) is 1.35. The van der Waals surface area contributed by atoms with Crippen molar-refractivity contribution in [1.82, 2.24) is 10.3 Å². The molecule has 0 bridgehead atoms. The number of likely N-dealkylation sites (N-methyl/N-ethyl adjacent to an activating group) is 1. The highest BCUT2D eigenvalue weighted by Crippen LogP contribution is 1.89. The van der Waals surface area contributed by atoms with Crippen molar-refractivity contribution in [3.05, 3.63) is 0 Å². The zero-order valence-electron chi connectivity index (χ0n) is 7.83. The van der Waals surface area contributed by atoms with Crippen LogP contribution in [0.15, 0.2) is 0 Å². The lowest BCUT2D eigenvalue weighted by atomic mass is 10.5. The molecule has 0 aromatic rings. The maximum atomic E-state index is 10.8. The maximum absolute atomic E-state index is 10.8. The van der Waals surface area contributed by atoms with Crippen LogP contribution in [0.3, 0.4) is 0 Å². The molecule has 0 saturated carbocycles. The number of amides is 2. The van der Waals surface area contributed by atoms with Gasteiger partial charge in [-0.3, -0.25) is 5.43 Å². The van der Waals surface area contributed by atoms with Crippen molar-refractivity contribution < 1.29 is 9.53 Å². The largest absolute Gasteiger partial charge is 0.377 e. The van der Waals surface area contributed by atoms with E-state index in [1.54, 1.807) is 7.05 Å². The fourth-order valence-corrected chi connectivity index (χ4v) is 0.637. The summed E-state index contributed by atoms with van der Waals surface area (Å²) in [4.78, 5) is 12.3. The van der Waals surface area contributed by atoms with Crippen LogP contribution >= 0.6 is 0 Å². The van der Waals surface area contributed by atoms with Gasteiger partial charge in [0.15, 0.2) is 0 Å². The number of nitrogens with zero attached hydrogens (tertiary/aromatic N) is 1. The first-order valence-corrected chi connectivity index (χ1v) is 3.91. The lowest BCUT2D eigenvalue weighted by molar-refractivity contribution is 0.0681. The Bertz CT molecular complexity index is 139. The Kier molecular flexibility index (Phi) is 5.40. The minimum atomic E-state index is -0.303. The molecule has 0 radical (unpaired) electrons. The Morgan fingerprint density at radius 2 is 2.25 bits per heavy atom. The average Bonchev–Trinajstić information content (AvgIpc) is 2.02. The SMILES string of the molecule is CC(C)OCCN(C)C(=O)NN. The minimum absolute atomic E-state index is 0.194. The minimum Gasteiger partial charge on any atom is -0.377 e. The summed E-state index contributed by atoms with van der Waals surface area (Å²) >= 11 is 0. The van der Waals surface area contributed by atoms with Crippen molar-refractivity contribution >= 4 is 6.03 Å². The van der Waals surface area contributed by atoms with E-state index in [1.807, 2.05) is 19.3 Å². The topological polar surface area (TPSA) is 67.6 Å². The van der Waals surface area contributed by atoms with Crippen molar-refractivity contribution in [2.75, 3.05) is 20.2 Å². The second kappa shape index (κ2) is 5.79. The van der Waals surface area contributed by atoms with Crippen LogP contribution in [0.25, 0.3) is 0 Å². The van der Waals surface area contributed by atoms with Gasteiger partial charge in [0.25, 0.3) is 0 Å². The van der Waals surface area contributed by atoms with Crippen LogP contribution in [0.2, 0.25) is 0 Å². The van der Waals surface area contributed by atoms with Gasteiger partial charge in [-0.05, 0) is 13.8 Å². The zero-order valence-corrected chi connectivity index (χ0v) is 7.83. The fourth-order valence-electron chi connectivity index (χ4n) is 0.637. The van der Waals surface area contributed by atoms with Crippen molar-refractivity contribution in [1.29, 1.82) is 0 Å². The van der Waals surface area contributed by atoms with E-state index in [1.165, 1.54) is 4.90 Å². The summed E-state index contributed by atoms with van der Waals surface area (Å²) in [5, 5.41) is 0. The molecular weight excluding hydrogens is 158 g/mol. The zero-order chi connectivity index (χ0) is 9.56. The van der Waals surface area contributed by atoms with Crippen molar-refractivity contribution in [3.63, 3.8) is 0 Å². The molecule has 0 aromatic heterocycles. The summed E-state index contributed by atoms with van der Waals surface area (Å²) in [6.45, 7) is 4.97. The number of hydrazine groups is 1. The quantitative estimate of drug-likeness (QED) is 0.357. The standard InChI is InChI=1S/C7H17N3O2/c1-6(2)12-5-4-10(3)7(11)9-8/h6H,4-5,8H2,1-3H3,(H,9,11). The molecule has 0 aliphatic carbocycles. The summed E-state index contributed by atoms with van der Waals surface area (Å²) in [5.74, 6) is 4.92. The summed E-state index contributed by atoms with van der Waals surface area (Å²) in [6, 6.07) is -0.303. The Morgan fingerprint density at radius 3 is 2.67 bits per heavy atom. The van der Waals surface area contributed by atoms with Crippen LogP contribution in [0, 0.1) is 0 Å². The van der Waals surface area contributed by atoms with Crippen molar-refractivity contribution in [2.45, 2.75) is 20.0 Å². The first-order valence-electron chi connectivity index (χ1n) is 3.91. The summed E-state index contributed by atoms with van der Waals surface area (Å²) in [6.07, 6.45) is 0.194. The highest BCUT2D eigenvalue weighted by molar-refractivity contribution is 5.72. The van der Waals surface area contributed by atoms with Gasteiger partial charge in [-0.2, -0.15) is 0 Å². The van der Waals surface area contributed by atoms with Crippen LogP contribution in [0.5, 0.6) is 0 Å². The second-order valence-electron chi connectivity index (χ2n) is 2.79. The molecule has 0 aliphatic heterocycles. The average molecular weight is 175 g/mol. The van der Waals surface area contributed by atoms with Gasteiger partial charge in [-0.25, -0.2) is 10.6 Å². The molecule has 5 nitrogen and oxygen atoms in total. The molecule has 0 spiro atoms. The number of ether oxygens (including phenoxy) is 1. The van der Waals surface area contributed by atoms with Gasteiger partial charge in [0.1, 0.15) is 0 Å². The van der Waals surface area contributed by atoms with Crippen LogP contribution in [0.4, 0.5) is 4.79 Å². The number of hydrogen-bond donors (Lipinski definition) is 2. The van der Waals surface area contributed by atoms with Gasteiger partial charge >= 0.3 is 6.03 Å². The Labute approximate surface area is 72.8 Å². The molecule has 0 saturated heterocycles. The first kappa shape index (κ1) is 11.2. The lowest BCUT2D eigenvalue weighted by Crippen LogP contribution is -2.42. The van der Waals surface area contributed by atoms with Gasteiger partial charge in [0.2, 0.25) is 0 Å². The second-order valence-corrected chi connectivity index (χ2v) is 2.79. The molecular formula is C7H17N3O2. The number of carbonyl (C=O) groups excluding carboxylic acids is 1. The highest BCUT2D eigenvalue weighted by Gasteiger charge is 2.05. The van der Waals surface area contributed by atoms with E-state index in [2.05, 4.69) is 0 Å². The van der Waals surface area contributed by atoms with Crippen LogP contribution in [-0.2, 0) is 4.74 Å². The Hall–Kier alpha value is -0.810. The smallest absolute Gasteiger partial charge is 0.331 e. The molecule has 72 valence electrons. The van der Waals surface area contributed by atoms with Gasteiger partial charge in [-0.15, -0.1) is 0 Å². The molecule has 12 heavy (non-hydrogen) atoms. The van der Waals surface area contributed by atoms with Crippen LogP contribution < -0.4 is 11.3 Å². The monoisotopic (exact) mass is 175 g/mol. The van der Waals surface area contributed by atoms with Gasteiger partial charge in [0.05, 0.1) is 12.7 Å². The van der Waals surface area contributed by atoms with E-state index >= 15 is 0 Å². The predicted molar refractivity (Wildman–Crippen MR) is 46.4 cm³/mol. The summed E-state index contributed by atoms with van der Waals surface area (Å²) < 4.78 is 5.24. The first-order chi connectivity index (χ1) is 5.57. The van der Waals surface area contributed by atoms with Crippen molar-refractivity contribution in [3.8, 4) is 0 Å². The molecule has 0 unspecified atom stereocenters. The van der Waals surface area contributed by atoms with E-state index in [0.717, 1.165) is 0 Å². The Balaban J connectivity index is 3.43. The molecule has 0 aromatic carbocycles. The van der Waals surface area contributed by atoms with E-state index in [9.17, 15) is 4.79 Å². The van der Waals surface area contributed by atoms with Gasteiger partial charge in [0, 0.05) is 13.6 Å². The Morgan fingerprint density at radius 1 is 1.67 bits per heavy atom. The number of rotatable bonds is 4. The lowest BCUT2D eigenvalue weighted by Gasteiger charge is -2.16. The molecule has 0 fully saturated rings. The molecule has 0 aliphatic rings. The highest BCUT2D eigenvalue weighted by atomic mass is 16.5. The maximum Gasteiger partial charge on any atom is 0.331 e. The predicted octanol–water partition coefficient (Wildman–Crippen LogP) is -0.0735. The van der Waals surface area contributed by atoms with E-state index in [4.69, 9.17) is 10.6 Å². The van der Waals surface area contributed by atoms with E-state index < -0.39 is 0 Å². The number of nitrogens with one attached hydrogen (secondary N) is 1. The van der Waals surface area contributed by atoms with Crippen LogP contribution in [0.1, 0.15) is 13.8 Å². The normalized spacial score (nSPS) is 10.1. The molecule has 3 N–H and O–H groups in total. The van der Waals surface area contributed by atoms with Gasteiger partial charge < -0.3 is 9.64 Å². The molecule has 0 heterocycles. The van der Waals surface area contributed by atoms with Crippen LogP contribution in [-0.4, -0.2) is 37.2 Å². The third-order valence-corrected chi connectivity index (χ3v) is 1.35. The molecule has 5 heteroatoms. The van der Waals surface area contributed by atoms with E-state index in [-0.39, 0.29) is 12.1 Å². The fraction of sp³-hybridized carbons (Fsp3) is 0.857. The number of hydrogen-bond acceptors (Lipinski definition) is 3. The van der Waals surface area contributed by atoms with E-state index in [0.29, 0.717) is 13.2 Å². The number of carbonyl (C=O) groups is 1. The van der Waals surface area contributed by atoms with Crippen molar-refractivity contribution in [2.24, 2.45) is 5.84 Å². The third kappa shape index (κ3) is 4.92. The van der Waals surface area contributed by atoms with Gasteiger partial charge in [-0.1, -0.05) is 0 Å². The summed E-state index contributed by atoms with van der Waals surface area (Å²) in [7, 11) is 1.66.